The number of aromatic nitrogens is 2. The van der Waals surface area contributed by atoms with E-state index in [-0.39, 0.29) is 0 Å². The van der Waals surface area contributed by atoms with Gasteiger partial charge >= 0.3 is 0 Å². The summed E-state index contributed by atoms with van der Waals surface area (Å²) in [5.74, 6) is 0.689. The van der Waals surface area contributed by atoms with Gasteiger partial charge in [-0.25, -0.2) is 4.98 Å². The quantitative estimate of drug-likeness (QED) is 0.718. The van der Waals surface area contributed by atoms with Crippen LogP contribution < -0.4 is 0 Å². The average Bonchev–Trinajstić information content (AvgIpc) is 3.51. The Kier molecular flexibility index (Phi) is 4.17. The Bertz CT molecular complexity index is 953. The van der Waals surface area contributed by atoms with Crippen molar-refractivity contribution in [3.63, 3.8) is 0 Å². The molecule has 3 heterocycles. The number of rotatable bonds is 4. The van der Waals surface area contributed by atoms with Crippen LogP contribution in [-0.4, -0.2) is 51.3 Å². The number of hydrogen-bond acceptors (Lipinski definition) is 3. The molecule has 1 aliphatic carbocycles. The van der Waals surface area contributed by atoms with Gasteiger partial charge in [-0.2, -0.15) is 0 Å². The largest absolute Gasteiger partial charge is 0.340 e. The van der Waals surface area contributed by atoms with Crippen LogP contribution >= 0.6 is 0 Å². The van der Waals surface area contributed by atoms with Crippen molar-refractivity contribution in [2.75, 3.05) is 26.2 Å². The predicted molar refractivity (Wildman–Crippen MR) is 105 cm³/mol. The molecule has 5 heteroatoms. The minimum Gasteiger partial charge on any atom is -0.340 e. The van der Waals surface area contributed by atoms with E-state index in [4.69, 9.17) is 4.98 Å². The number of fused-ring (bicyclic) bond motifs is 1. The molecule has 5 nitrogen and oxygen atoms in total. The highest BCUT2D eigenvalue weighted by Gasteiger charge is 2.34. The van der Waals surface area contributed by atoms with E-state index in [1.54, 1.807) is 0 Å². The van der Waals surface area contributed by atoms with Gasteiger partial charge in [0.25, 0.3) is 0 Å². The highest BCUT2D eigenvalue weighted by atomic mass is 16.2. The number of hydrogen-bond donors (Lipinski definition) is 0. The smallest absolute Gasteiger partial charge is 0.225 e. The Morgan fingerprint density at radius 3 is 2.44 bits per heavy atom. The van der Waals surface area contributed by atoms with Crippen LogP contribution in [0.1, 0.15) is 18.5 Å². The van der Waals surface area contributed by atoms with Crippen molar-refractivity contribution in [3.05, 3.63) is 60.4 Å². The minimum absolute atomic E-state index is 0.319. The number of carbonyl (C=O) groups excluding carboxylic acids is 1. The van der Waals surface area contributed by atoms with E-state index in [1.807, 2.05) is 12.1 Å². The van der Waals surface area contributed by atoms with Crippen LogP contribution in [0.25, 0.3) is 16.9 Å². The molecule has 0 bridgehead atoms. The fourth-order valence-corrected chi connectivity index (χ4v) is 3.95. The van der Waals surface area contributed by atoms with Crippen LogP contribution in [0.4, 0.5) is 0 Å². The van der Waals surface area contributed by atoms with Crippen LogP contribution in [0.15, 0.2) is 54.7 Å². The summed E-state index contributed by atoms with van der Waals surface area (Å²) < 4.78 is 2.20. The molecule has 1 saturated heterocycles. The molecule has 27 heavy (non-hydrogen) atoms. The summed E-state index contributed by atoms with van der Waals surface area (Å²) in [6, 6.07) is 16.5. The molecule has 3 aromatic rings. The molecule has 5 rings (SSSR count). The second-order valence-corrected chi connectivity index (χ2v) is 7.58. The molecule has 0 unspecified atom stereocenters. The van der Waals surface area contributed by atoms with Crippen molar-refractivity contribution in [1.29, 1.82) is 0 Å². The average molecular weight is 360 g/mol. The number of benzene rings is 1. The Labute approximate surface area is 159 Å². The van der Waals surface area contributed by atoms with Crippen LogP contribution in [0.5, 0.6) is 0 Å². The van der Waals surface area contributed by atoms with Gasteiger partial charge in [-0.15, -0.1) is 0 Å². The highest BCUT2D eigenvalue weighted by Crippen LogP contribution is 2.31. The molecule has 138 valence electrons. The van der Waals surface area contributed by atoms with Crippen molar-refractivity contribution in [3.8, 4) is 11.3 Å². The summed E-state index contributed by atoms with van der Waals surface area (Å²) in [4.78, 5) is 21.7. The Hall–Kier alpha value is -2.66. The molecule has 0 N–H and O–H groups in total. The summed E-state index contributed by atoms with van der Waals surface area (Å²) in [6.07, 6.45) is 4.26. The van der Waals surface area contributed by atoms with Crippen molar-refractivity contribution in [1.82, 2.24) is 19.2 Å². The van der Waals surface area contributed by atoms with Gasteiger partial charge in [0.2, 0.25) is 5.91 Å². The number of piperazine rings is 1. The topological polar surface area (TPSA) is 40.9 Å². The minimum atomic E-state index is 0.319. The second kappa shape index (κ2) is 6.82. The fourth-order valence-electron chi connectivity index (χ4n) is 3.95. The standard InChI is InChI=1S/C22H24N4O/c27-22(18-9-10-18)25-14-12-24(13-15-25)16-19-21(17-6-2-1-3-7-17)23-20-8-4-5-11-26(19)20/h1-8,11,18H,9-10,12-16H2. The first-order chi connectivity index (χ1) is 13.3. The lowest BCUT2D eigenvalue weighted by atomic mass is 10.1. The molecular formula is C22H24N4O. The van der Waals surface area contributed by atoms with Gasteiger partial charge in [0.15, 0.2) is 0 Å². The van der Waals surface area contributed by atoms with Gasteiger partial charge < -0.3 is 9.30 Å². The number of amides is 1. The molecule has 0 radical (unpaired) electrons. The first-order valence-corrected chi connectivity index (χ1v) is 9.82. The summed E-state index contributed by atoms with van der Waals surface area (Å²) >= 11 is 0. The van der Waals surface area contributed by atoms with Crippen LogP contribution in [-0.2, 0) is 11.3 Å². The number of nitrogens with zero attached hydrogens (tertiary/aromatic N) is 4. The van der Waals surface area contributed by atoms with Gasteiger partial charge in [0.05, 0.1) is 11.4 Å². The third-order valence-corrected chi connectivity index (χ3v) is 5.66. The van der Waals surface area contributed by atoms with E-state index in [9.17, 15) is 4.79 Å². The van der Waals surface area contributed by atoms with E-state index < -0.39 is 0 Å². The van der Waals surface area contributed by atoms with Crippen LogP contribution in [0, 0.1) is 5.92 Å². The SMILES string of the molecule is O=C(C1CC1)N1CCN(Cc2c(-c3ccccc3)nc3ccccn23)CC1. The molecule has 0 atom stereocenters. The molecule has 1 saturated carbocycles. The third kappa shape index (κ3) is 3.23. The molecule has 2 fully saturated rings. The van der Waals surface area contributed by atoms with Gasteiger partial charge in [0, 0.05) is 50.4 Å². The van der Waals surface area contributed by atoms with E-state index in [0.717, 1.165) is 62.5 Å². The number of pyridine rings is 1. The first kappa shape index (κ1) is 16.5. The number of imidazole rings is 1. The maximum Gasteiger partial charge on any atom is 0.225 e. The van der Waals surface area contributed by atoms with Crippen molar-refractivity contribution < 1.29 is 4.79 Å². The van der Waals surface area contributed by atoms with E-state index in [0.29, 0.717) is 11.8 Å². The molecule has 2 aromatic heterocycles. The lowest BCUT2D eigenvalue weighted by Crippen LogP contribution is -2.48. The molecule has 2 aliphatic rings. The maximum absolute atomic E-state index is 12.3. The zero-order valence-electron chi connectivity index (χ0n) is 15.4. The zero-order chi connectivity index (χ0) is 18.2. The van der Waals surface area contributed by atoms with Gasteiger partial charge in [0.1, 0.15) is 5.65 Å². The summed E-state index contributed by atoms with van der Waals surface area (Å²) in [5.41, 5.74) is 4.41. The van der Waals surface area contributed by atoms with Gasteiger partial charge in [-0.05, 0) is 25.0 Å². The third-order valence-electron chi connectivity index (χ3n) is 5.66. The van der Waals surface area contributed by atoms with Gasteiger partial charge in [-0.3, -0.25) is 9.69 Å². The van der Waals surface area contributed by atoms with E-state index in [1.165, 1.54) is 5.69 Å². The molecule has 1 amide bonds. The van der Waals surface area contributed by atoms with E-state index >= 15 is 0 Å². The summed E-state index contributed by atoms with van der Waals surface area (Å²) in [7, 11) is 0. The Morgan fingerprint density at radius 1 is 0.963 bits per heavy atom. The van der Waals surface area contributed by atoms with Crippen molar-refractivity contribution >= 4 is 11.6 Å². The highest BCUT2D eigenvalue weighted by molar-refractivity contribution is 5.81. The summed E-state index contributed by atoms with van der Waals surface area (Å²) in [6.45, 7) is 4.37. The van der Waals surface area contributed by atoms with Gasteiger partial charge in [-0.1, -0.05) is 36.4 Å². The lowest BCUT2D eigenvalue weighted by Gasteiger charge is -2.34. The lowest BCUT2D eigenvalue weighted by molar-refractivity contribution is -0.134. The first-order valence-electron chi connectivity index (χ1n) is 9.82. The summed E-state index contributed by atoms with van der Waals surface area (Å²) in [5, 5.41) is 0. The van der Waals surface area contributed by atoms with Crippen molar-refractivity contribution in [2.45, 2.75) is 19.4 Å². The van der Waals surface area contributed by atoms with Crippen LogP contribution in [0.3, 0.4) is 0 Å². The molecule has 1 aromatic carbocycles. The second-order valence-electron chi connectivity index (χ2n) is 7.58. The number of carbonyl (C=O) groups is 1. The molecular weight excluding hydrogens is 336 g/mol. The predicted octanol–water partition coefficient (Wildman–Crippen LogP) is 3.06. The van der Waals surface area contributed by atoms with Crippen LogP contribution in [0.2, 0.25) is 0 Å². The monoisotopic (exact) mass is 360 g/mol. The molecule has 0 spiro atoms. The molecule has 1 aliphatic heterocycles. The zero-order valence-corrected chi connectivity index (χ0v) is 15.4. The fraction of sp³-hybridized carbons (Fsp3) is 0.364. The van der Waals surface area contributed by atoms with Crippen molar-refractivity contribution in [2.24, 2.45) is 5.92 Å². The Balaban J connectivity index is 1.39. The maximum atomic E-state index is 12.3. The Morgan fingerprint density at radius 2 is 1.70 bits per heavy atom. The van der Waals surface area contributed by atoms with E-state index in [2.05, 4.69) is 56.8 Å². The normalized spacial score (nSPS) is 18.1.